The third kappa shape index (κ3) is 7.17. The van der Waals surface area contributed by atoms with Gasteiger partial charge in [0.05, 0.1) is 11.1 Å². The molecule has 5 aromatic rings. The Labute approximate surface area is 248 Å². The van der Waals surface area contributed by atoms with Gasteiger partial charge in [-0.05, 0) is 87.0 Å². The van der Waals surface area contributed by atoms with E-state index in [1.165, 1.54) is 24.4 Å². The molecule has 0 saturated heterocycles. The summed E-state index contributed by atoms with van der Waals surface area (Å²) in [6, 6.07) is 27.2. The first-order valence-electron chi connectivity index (χ1n) is 13.5. The van der Waals surface area contributed by atoms with Crippen LogP contribution in [0.2, 0.25) is 0 Å². The molecular formula is C33H30N4O6. The van der Waals surface area contributed by atoms with Crippen LogP contribution in [0.4, 0.5) is 5.69 Å². The third-order valence-electron chi connectivity index (χ3n) is 6.67. The number of hydrogen-bond donors (Lipinski definition) is 1. The zero-order valence-corrected chi connectivity index (χ0v) is 23.9. The van der Waals surface area contributed by atoms with Crippen molar-refractivity contribution >= 4 is 17.8 Å². The van der Waals surface area contributed by atoms with Crippen LogP contribution in [0, 0.1) is 30.9 Å². The van der Waals surface area contributed by atoms with E-state index in [9.17, 15) is 14.9 Å². The monoisotopic (exact) mass is 578 g/mol. The average molecular weight is 579 g/mol. The van der Waals surface area contributed by atoms with E-state index in [4.69, 9.17) is 13.9 Å². The Bertz CT molecular complexity index is 1770. The minimum absolute atomic E-state index is 0.0514. The van der Waals surface area contributed by atoms with Gasteiger partial charge < -0.3 is 18.5 Å². The number of rotatable bonds is 11. The molecule has 1 N–H and O–H groups in total. The van der Waals surface area contributed by atoms with Crippen LogP contribution >= 0.6 is 0 Å². The maximum Gasteiger partial charge on any atom is 0.311 e. The molecule has 2 aromatic heterocycles. The van der Waals surface area contributed by atoms with E-state index in [0.717, 1.165) is 28.2 Å². The van der Waals surface area contributed by atoms with Crippen molar-refractivity contribution in [2.24, 2.45) is 5.10 Å². The van der Waals surface area contributed by atoms with Crippen molar-refractivity contribution in [3.63, 3.8) is 0 Å². The first kappa shape index (κ1) is 28.9. The van der Waals surface area contributed by atoms with Gasteiger partial charge in [-0.25, -0.2) is 5.43 Å². The van der Waals surface area contributed by atoms with E-state index in [1.54, 1.807) is 12.1 Å². The van der Waals surface area contributed by atoms with Crippen LogP contribution in [0.25, 0.3) is 5.69 Å². The zero-order valence-electron chi connectivity index (χ0n) is 23.9. The molecule has 0 spiro atoms. The molecule has 218 valence electrons. The second-order valence-corrected chi connectivity index (χ2v) is 9.96. The highest BCUT2D eigenvalue weighted by Crippen LogP contribution is 2.28. The summed E-state index contributed by atoms with van der Waals surface area (Å²) < 4.78 is 19.3. The standard InChI is InChI=1S/C33H30N4O6/c1-22-5-4-6-26(17-22)20-42-31-15-9-25(18-30(31)37(39)40)19-34-35-33(38)32-16-14-29(43-32)21-41-28-12-10-27(11-13-28)36-23(2)7-8-24(36)3/h4-19H,20-21H2,1-3H3,(H,35,38)/b34-19+. The summed E-state index contributed by atoms with van der Waals surface area (Å²) in [4.78, 5) is 23.6. The number of carbonyl (C=O) groups excluding carboxylic acids is 1. The lowest BCUT2D eigenvalue weighted by atomic mass is 10.1. The molecule has 5 rings (SSSR count). The number of ether oxygens (including phenoxy) is 2. The molecular weight excluding hydrogens is 548 g/mol. The molecule has 0 aliphatic carbocycles. The lowest BCUT2D eigenvalue weighted by Gasteiger charge is -2.10. The summed E-state index contributed by atoms with van der Waals surface area (Å²) in [5.41, 5.74) is 7.90. The fraction of sp³-hybridized carbons (Fsp3) is 0.152. The Morgan fingerprint density at radius 1 is 0.930 bits per heavy atom. The lowest BCUT2D eigenvalue weighted by molar-refractivity contribution is -0.385. The average Bonchev–Trinajstić information content (AvgIpc) is 3.61. The predicted octanol–water partition coefficient (Wildman–Crippen LogP) is 6.83. The van der Waals surface area contributed by atoms with E-state index in [0.29, 0.717) is 17.1 Å². The van der Waals surface area contributed by atoms with Crippen molar-refractivity contribution in [2.45, 2.75) is 34.0 Å². The number of nitrogens with one attached hydrogen (secondary N) is 1. The van der Waals surface area contributed by atoms with Crippen molar-refractivity contribution < 1.29 is 23.6 Å². The number of aryl methyl sites for hydroxylation is 3. The van der Waals surface area contributed by atoms with E-state index in [-0.39, 0.29) is 30.4 Å². The van der Waals surface area contributed by atoms with Crippen molar-refractivity contribution in [1.29, 1.82) is 0 Å². The number of hydrazone groups is 1. The third-order valence-corrected chi connectivity index (χ3v) is 6.67. The molecule has 0 fully saturated rings. The molecule has 2 heterocycles. The molecule has 10 nitrogen and oxygen atoms in total. The highest BCUT2D eigenvalue weighted by Gasteiger charge is 2.16. The molecule has 3 aromatic carbocycles. The highest BCUT2D eigenvalue weighted by atomic mass is 16.6. The topological polar surface area (TPSA) is 121 Å². The van der Waals surface area contributed by atoms with Gasteiger partial charge in [-0.2, -0.15) is 5.10 Å². The minimum atomic E-state index is -0.572. The SMILES string of the molecule is Cc1cccc(COc2ccc(/C=N/NC(=O)c3ccc(COc4ccc(-n5c(C)ccc5C)cc4)o3)cc2[N+](=O)[O-])c1. The van der Waals surface area contributed by atoms with Gasteiger partial charge >= 0.3 is 11.6 Å². The van der Waals surface area contributed by atoms with Crippen LogP contribution in [0.1, 0.15) is 44.4 Å². The van der Waals surface area contributed by atoms with Crippen molar-refractivity contribution in [3.05, 3.63) is 141 Å². The maximum absolute atomic E-state index is 12.5. The van der Waals surface area contributed by atoms with Crippen molar-refractivity contribution in [3.8, 4) is 17.2 Å². The maximum atomic E-state index is 12.5. The zero-order chi connectivity index (χ0) is 30.3. The second-order valence-electron chi connectivity index (χ2n) is 9.96. The summed E-state index contributed by atoms with van der Waals surface area (Å²) in [6.07, 6.45) is 1.31. The summed E-state index contributed by atoms with van der Waals surface area (Å²) in [5, 5.41) is 15.5. The van der Waals surface area contributed by atoms with E-state index in [2.05, 4.69) is 41.1 Å². The van der Waals surface area contributed by atoms with Gasteiger partial charge in [0, 0.05) is 28.7 Å². The van der Waals surface area contributed by atoms with E-state index >= 15 is 0 Å². The molecule has 0 bridgehead atoms. The molecule has 0 saturated carbocycles. The molecule has 0 unspecified atom stereocenters. The van der Waals surface area contributed by atoms with E-state index < -0.39 is 10.8 Å². The number of nitro benzene ring substituents is 1. The van der Waals surface area contributed by atoms with Crippen LogP contribution in [-0.4, -0.2) is 21.6 Å². The number of nitro groups is 1. The fourth-order valence-electron chi connectivity index (χ4n) is 4.56. The molecule has 0 radical (unpaired) electrons. The van der Waals surface area contributed by atoms with Gasteiger partial charge in [0.15, 0.2) is 11.5 Å². The predicted molar refractivity (Wildman–Crippen MR) is 162 cm³/mol. The largest absolute Gasteiger partial charge is 0.486 e. The number of carbonyl (C=O) groups is 1. The summed E-state index contributed by atoms with van der Waals surface area (Å²) in [6.45, 7) is 6.41. The van der Waals surface area contributed by atoms with Crippen LogP contribution in [0.3, 0.4) is 0 Å². The first-order valence-corrected chi connectivity index (χ1v) is 13.5. The number of furan rings is 1. The number of aromatic nitrogens is 1. The summed E-state index contributed by atoms with van der Waals surface area (Å²) >= 11 is 0. The number of hydrogen-bond acceptors (Lipinski definition) is 7. The minimum Gasteiger partial charge on any atom is -0.486 e. The Kier molecular flexibility index (Phi) is 8.66. The van der Waals surface area contributed by atoms with Gasteiger partial charge in [-0.15, -0.1) is 0 Å². The van der Waals surface area contributed by atoms with Crippen molar-refractivity contribution in [1.82, 2.24) is 9.99 Å². The molecule has 0 aliphatic rings. The quantitative estimate of drug-likeness (QED) is 0.104. The Morgan fingerprint density at radius 3 is 2.42 bits per heavy atom. The molecule has 0 aliphatic heterocycles. The van der Waals surface area contributed by atoms with Crippen LogP contribution < -0.4 is 14.9 Å². The molecule has 0 atom stereocenters. The van der Waals surface area contributed by atoms with Crippen molar-refractivity contribution in [2.75, 3.05) is 0 Å². The number of nitrogens with zero attached hydrogens (tertiary/aromatic N) is 3. The number of benzene rings is 3. The van der Waals surface area contributed by atoms with E-state index in [1.807, 2.05) is 55.5 Å². The Hall–Kier alpha value is -5.64. The van der Waals surface area contributed by atoms with Gasteiger partial charge in [0.25, 0.3) is 0 Å². The van der Waals surface area contributed by atoms with Gasteiger partial charge in [0.2, 0.25) is 0 Å². The van der Waals surface area contributed by atoms with Gasteiger partial charge in [0.1, 0.15) is 24.7 Å². The Balaban J connectivity index is 1.14. The lowest BCUT2D eigenvalue weighted by Crippen LogP contribution is -2.16. The summed E-state index contributed by atoms with van der Waals surface area (Å²) in [5.74, 6) is 0.749. The van der Waals surface area contributed by atoms with Gasteiger partial charge in [-0.1, -0.05) is 29.8 Å². The normalized spacial score (nSPS) is 11.0. The molecule has 1 amide bonds. The van der Waals surface area contributed by atoms with Crippen LogP contribution in [0.15, 0.2) is 101 Å². The Morgan fingerprint density at radius 2 is 1.70 bits per heavy atom. The van der Waals surface area contributed by atoms with Gasteiger partial charge in [-0.3, -0.25) is 14.9 Å². The smallest absolute Gasteiger partial charge is 0.311 e. The second kappa shape index (κ2) is 12.9. The van der Waals surface area contributed by atoms with Crippen LogP contribution in [-0.2, 0) is 13.2 Å². The first-order chi connectivity index (χ1) is 20.8. The fourth-order valence-corrected chi connectivity index (χ4v) is 4.56. The summed E-state index contributed by atoms with van der Waals surface area (Å²) in [7, 11) is 0. The molecule has 43 heavy (non-hydrogen) atoms. The number of amides is 1. The molecule has 10 heteroatoms. The highest BCUT2D eigenvalue weighted by molar-refractivity contribution is 5.92. The van der Waals surface area contributed by atoms with Crippen LogP contribution in [0.5, 0.6) is 11.5 Å².